The van der Waals surface area contributed by atoms with Gasteiger partial charge in [-0.15, -0.1) is 11.8 Å². The van der Waals surface area contributed by atoms with E-state index in [1.54, 1.807) is 0 Å². The van der Waals surface area contributed by atoms with Crippen molar-refractivity contribution < 1.29 is 4.79 Å². The Morgan fingerprint density at radius 1 is 1.50 bits per heavy atom. The third-order valence-corrected chi connectivity index (χ3v) is 3.24. The maximum atomic E-state index is 11.6. The summed E-state index contributed by atoms with van der Waals surface area (Å²) in [6.07, 6.45) is 6.14. The van der Waals surface area contributed by atoms with Crippen LogP contribution in [0, 0.1) is 23.7 Å². The molecule has 0 spiro atoms. The summed E-state index contributed by atoms with van der Waals surface area (Å²) >= 11 is 0. The van der Waals surface area contributed by atoms with Crippen LogP contribution < -0.4 is 0 Å². The summed E-state index contributed by atoms with van der Waals surface area (Å²) in [7, 11) is 0. The smallest absolute Gasteiger partial charge is 0.136 e. The molecule has 0 N–H and O–H groups in total. The zero-order valence-electron chi connectivity index (χ0n) is 9.31. The molecular formula is C13H20O. The van der Waals surface area contributed by atoms with E-state index in [1.165, 1.54) is 6.42 Å². The molecule has 0 amide bonds. The fraction of sp³-hybridized carbons (Fsp3) is 0.769. The van der Waals surface area contributed by atoms with E-state index in [4.69, 9.17) is 0 Å². The van der Waals surface area contributed by atoms with E-state index >= 15 is 0 Å². The molecule has 1 nitrogen and oxygen atoms in total. The van der Waals surface area contributed by atoms with Gasteiger partial charge in [0.05, 0.1) is 0 Å². The van der Waals surface area contributed by atoms with Crippen LogP contribution in [0.5, 0.6) is 0 Å². The van der Waals surface area contributed by atoms with E-state index < -0.39 is 0 Å². The van der Waals surface area contributed by atoms with E-state index in [0.29, 0.717) is 11.7 Å². The Morgan fingerprint density at radius 2 is 2.29 bits per heavy atom. The topological polar surface area (TPSA) is 17.1 Å². The van der Waals surface area contributed by atoms with Gasteiger partial charge < -0.3 is 0 Å². The Morgan fingerprint density at radius 3 is 2.93 bits per heavy atom. The average Bonchev–Trinajstić information content (AvgIpc) is 2.21. The van der Waals surface area contributed by atoms with Crippen molar-refractivity contribution in [2.24, 2.45) is 11.8 Å². The Labute approximate surface area is 87.3 Å². The lowest BCUT2D eigenvalue weighted by Gasteiger charge is -2.26. The number of hydrogen-bond donors (Lipinski definition) is 0. The van der Waals surface area contributed by atoms with Gasteiger partial charge in [0.25, 0.3) is 0 Å². The van der Waals surface area contributed by atoms with Crippen molar-refractivity contribution in [3.05, 3.63) is 0 Å². The first-order valence-electron chi connectivity index (χ1n) is 5.70. The van der Waals surface area contributed by atoms with Gasteiger partial charge in [0.2, 0.25) is 0 Å². The highest BCUT2D eigenvalue weighted by molar-refractivity contribution is 5.81. The van der Waals surface area contributed by atoms with Gasteiger partial charge in [-0.25, -0.2) is 0 Å². The Hall–Kier alpha value is -0.770. The minimum atomic E-state index is 0.314. The SMILES string of the molecule is CC#CCCC1CC(CC)CCC1=O. The van der Waals surface area contributed by atoms with Gasteiger partial charge in [0.1, 0.15) is 5.78 Å². The van der Waals surface area contributed by atoms with Crippen molar-refractivity contribution in [1.82, 2.24) is 0 Å². The van der Waals surface area contributed by atoms with E-state index in [9.17, 15) is 4.79 Å². The third kappa shape index (κ3) is 3.18. The summed E-state index contributed by atoms with van der Waals surface area (Å²) in [5.74, 6) is 7.51. The van der Waals surface area contributed by atoms with Gasteiger partial charge in [0, 0.05) is 18.8 Å². The van der Waals surface area contributed by atoms with Crippen LogP contribution in [0.4, 0.5) is 0 Å². The molecule has 1 heteroatoms. The Balaban J connectivity index is 2.38. The first-order chi connectivity index (χ1) is 6.77. The predicted octanol–water partition coefficient (Wildman–Crippen LogP) is 3.19. The van der Waals surface area contributed by atoms with E-state index in [-0.39, 0.29) is 0 Å². The lowest BCUT2D eigenvalue weighted by Crippen LogP contribution is -2.24. The second-order valence-corrected chi connectivity index (χ2v) is 4.18. The molecule has 0 heterocycles. The summed E-state index contributed by atoms with van der Waals surface area (Å²) in [6, 6.07) is 0. The predicted molar refractivity (Wildman–Crippen MR) is 58.8 cm³/mol. The van der Waals surface area contributed by atoms with Gasteiger partial charge in [0.15, 0.2) is 0 Å². The van der Waals surface area contributed by atoms with Gasteiger partial charge in [-0.3, -0.25) is 4.79 Å². The molecule has 2 atom stereocenters. The highest BCUT2D eigenvalue weighted by atomic mass is 16.1. The molecule has 0 saturated heterocycles. The number of carbonyl (C=O) groups is 1. The molecule has 2 unspecified atom stereocenters. The molecule has 0 aromatic carbocycles. The van der Waals surface area contributed by atoms with Crippen LogP contribution in [-0.4, -0.2) is 5.78 Å². The molecule has 1 aliphatic carbocycles. The highest BCUT2D eigenvalue weighted by Gasteiger charge is 2.26. The number of Topliss-reactive ketones (excluding diaryl/α,β-unsaturated/α-hetero) is 1. The molecule has 78 valence electrons. The fourth-order valence-corrected chi connectivity index (χ4v) is 2.22. The van der Waals surface area contributed by atoms with Gasteiger partial charge in [-0.05, 0) is 32.1 Å². The zero-order valence-corrected chi connectivity index (χ0v) is 9.31. The summed E-state index contributed by atoms with van der Waals surface area (Å²) in [4.78, 5) is 11.6. The van der Waals surface area contributed by atoms with Crippen LogP contribution in [0.3, 0.4) is 0 Å². The first-order valence-corrected chi connectivity index (χ1v) is 5.70. The van der Waals surface area contributed by atoms with Crippen molar-refractivity contribution in [3.63, 3.8) is 0 Å². The average molecular weight is 192 g/mol. The zero-order chi connectivity index (χ0) is 10.4. The molecule has 0 aromatic heterocycles. The van der Waals surface area contributed by atoms with Crippen molar-refractivity contribution in [3.8, 4) is 11.8 Å². The highest BCUT2D eigenvalue weighted by Crippen LogP contribution is 2.30. The summed E-state index contributed by atoms with van der Waals surface area (Å²) in [5.41, 5.74) is 0. The Kier molecular flexibility index (Phi) is 4.73. The molecule has 1 fully saturated rings. The van der Waals surface area contributed by atoms with Crippen molar-refractivity contribution in [2.45, 2.75) is 52.4 Å². The lowest BCUT2D eigenvalue weighted by molar-refractivity contribution is -0.125. The normalized spacial score (nSPS) is 26.9. The molecule has 0 bridgehead atoms. The Bertz CT molecular complexity index is 244. The van der Waals surface area contributed by atoms with Crippen LogP contribution in [0.1, 0.15) is 52.4 Å². The van der Waals surface area contributed by atoms with Crippen LogP contribution in [0.25, 0.3) is 0 Å². The van der Waals surface area contributed by atoms with Crippen LogP contribution in [-0.2, 0) is 4.79 Å². The van der Waals surface area contributed by atoms with E-state index in [0.717, 1.165) is 38.0 Å². The monoisotopic (exact) mass is 192 g/mol. The van der Waals surface area contributed by atoms with Gasteiger partial charge in [-0.2, -0.15) is 0 Å². The van der Waals surface area contributed by atoms with Crippen LogP contribution in [0.15, 0.2) is 0 Å². The summed E-state index contributed by atoms with van der Waals surface area (Å²) in [5, 5.41) is 0. The summed E-state index contributed by atoms with van der Waals surface area (Å²) < 4.78 is 0. The third-order valence-electron chi connectivity index (χ3n) is 3.24. The van der Waals surface area contributed by atoms with Crippen LogP contribution in [0.2, 0.25) is 0 Å². The lowest BCUT2D eigenvalue weighted by atomic mass is 9.77. The molecular weight excluding hydrogens is 172 g/mol. The van der Waals surface area contributed by atoms with E-state index in [1.807, 2.05) is 6.92 Å². The molecule has 0 aromatic rings. The quantitative estimate of drug-likeness (QED) is 0.628. The maximum Gasteiger partial charge on any atom is 0.136 e. The fourth-order valence-electron chi connectivity index (χ4n) is 2.22. The second-order valence-electron chi connectivity index (χ2n) is 4.18. The van der Waals surface area contributed by atoms with Crippen molar-refractivity contribution in [2.75, 3.05) is 0 Å². The molecule has 1 aliphatic rings. The molecule has 1 saturated carbocycles. The molecule has 0 radical (unpaired) electrons. The largest absolute Gasteiger partial charge is 0.299 e. The standard InChI is InChI=1S/C13H20O/c1-3-5-6-7-12-10-11(4-2)8-9-13(12)14/h11-12H,4,6-10H2,1-2H3. The minimum Gasteiger partial charge on any atom is -0.299 e. The maximum absolute atomic E-state index is 11.6. The summed E-state index contributed by atoms with van der Waals surface area (Å²) in [6.45, 7) is 4.08. The number of ketones is 1. The molecule has 1 rings (SSSR count). The minimum absolute atomic E-state index is 0.314. The molecule has 0 aliphatic heterocycles. The van der Waals surface area contributed by atoms with Crippen molar-refractivity contribution >= 4 is 5.78 Å². The number of carbonyl (C=O) groups excluding carboxylic acids is 1. The van der Waals surface area contributed by atoms with Crippen LogP contribution >= 0.6 is 0 Å². The van der Waals surface area contributed by atoms with Crippen molar-refractivity contribution in [1.29, 1.82) is 0 Å². The number of hydrogen-bond acceptors (Lipinski definition) is 1. The molecule has 14 heavy (non-hydrogen) atoms. The van der Waals surface area contributed by atoms with Gasteiger partial charge >= 0.3 is 0 Å². The van der Waals surface area contributed by atoms with E-state index in [2.05, 4.69) is 18.8 Å². The number of rotatable bonds is 3. The second kappa shape index (κ2) is 5.86. The van der Waals surface area contributed by atoms with Gasteiger partial charge in [-0.1, -0.05) is 13.3 Å². The first kappa shape index (κ1) is 11.3.